The van der Waals surface area contributed by atoms with Crippen LogP contribution >= 0.6 is 15.9 Å². The number of amides is 1. The number of ether oxygens (including phenoxy) is 1. The summed E-state index contributed by atoms with van der Waals surface area (Å²) in [4.78, 5) is 14.3. The summed E-state index contributed by atoms with van der Waals surface area (Å²) < 4.78 is 6.44. The molecule has 0 aliphatic rings. The number of para-hydroxylation sites is 1. The molecule has 5 heteroatoms. The normalized spacial score (nSPS) is 10.0. The monoisotopic (exact) mass is 386 g/mol. The number of nitriles is 1. The molecule has 4 nitrogen and oxygen atoms in total. The Labute approximate surface area is 150 Å². The van der Waals surface area contributed by atoms with Gasteiger partial charge in [-0.15, -0.1) is 0 Å². The first-order valence-corrected chi connectivity index (χ1v) is 8.57. The summed E-state index contributed by atoms with van der Waals surface area (Å²) in [5.41, 5.74) is 1.61. The maximum Gasteiger partial charge on any atom is 0.260 e. The van der Waals surface area contributed by atoms with Crippen LogP contribution in [-0.4, -0.2) is 24.0 Å². The van der Waals surface area contributed by atoms with Crippen LogP contribution in [0, 0.1) is 11.3 Å². The molecule has 1 amide bonds. The molecule has 0 N–H and O–H groups in total. The van der Waals surface area contributed by atoms with E-state index in [9.17, 15) is 4.79 Å². The number of carbonyl (C=O) groups excluding carboxylic acids is 1. The number of benzene rings is 2. The topological polar surface area (TPSA) is 53.3 Å². The highest BCUT2D eigenvalue weighted by Crippen LogP contribution is 2.23. The Kier molecular flexibility index (Phi) is 6.83. The molecule has 0 atom stereocenters. The third-order valence-electron chi connectivity index (χ3n) is 3.49. The van der Waals surface area contributed by atoms with Gasteiger partial charge in [0.1, 0.15) is 5.75 Å². The van der Waals surface area contributed by atoms with Crippen LogP contribution in [0.1, 0.15) is 24.5 Å². The lowest BCUT2D eigenvalue weighted by molar-refractivity contribution is -0.134. The molecule has 24 heavy (non-hydrogen) atoms. The van der Waals surface area contributed by atoms with E-state index in [2.05, 4.69) is 22.0 Å². The molecular formula is C19H19BrN2O2. The molecule has 0 saturated heterocycles. The van der Waals surface area contributed by atoms with Crippen LogP contribution in [0.15, 0.2) is 53.0 Å². The molecule has 0 saturated carbocycles. The molecule has 0 aliphatic carbocycles. The van der Waals surface area contributed by atoms with Crippen LogP contribution in [-0.2, 0) is 11.3 Å². The Morgan fingerprint density at radius 3 is 2.54 bits per heavy atom. The summed E-state index contributed by atoms with van der Waals surface area (Å²) in [6, 6.07) is 16.8. The van der Waals surface area contributed by atoms with Crippen molar-refractivity contribution in [3.8, 4) is 11.8 Å². The quantitative estimate of drug-likeness (QED) is 0.718. The number of halogens is 1. The smallest absolute Gasteiger partial charge is 0.260 e. The molecule has 2 aromatic rings. The highest BCUT2D eigenvalue weighted by atomic mass is 79.9. The molecule has 0 aliphatic heterocycles. The third-order valence-corrected chi connectivity index (χ3v) is 4.15. The molecule has 0 fully saturated rings. The minimum Gasteiger partial charge on any atom is -0.483 e. The van der Waals surface area contributed by atoms with E-state index in [-0.39, 0.29) is 12.5 Å². The SMILES string of the molecule is CCCN(Cc1ccc(C#N)cc1)C(=O)COc1ccccc1Br. The summed E-state index contributed by atoms with van der Waals surface area (Å²) in [6.07, 6.45) is 0.872. The predicted molar refractivity (Wildman–Crippen MR) is 96.5 cm³/mol. The van der Waals surface area contributed by atoms with Crippen molar-refractivity contribution in [2.24, 2.45) is 0 Å². The molecule has 0 aromatic heterocycles. The van der Waals surface area contributed by atoms with Gasteiger partial charge in [0.25, 0.3) is 5.91 Å². The van der Waals surface area contributed by atoms with E-state index in [1.165, 1.54) is 0 Å². The van der Waals surface area contributed by atoms with E-state index in [1.54, 1.807) is 17.0 Å². The van der Waals surface area contributed by atoms with E-state index < -0.39 is 0 Å². The molecule has 2 aromatic carbocycles. The zero-order chi connectivity index (χ0) is 17.4. The van der Waals surface area contributed by atoms with Crippen LogP contribution in [0.3, 0.4) is 0 Å². The van der Waals surface area contributed by atoms with Crippen molar-refractivity contribution in [1.82, 2.24) is 4.90 Å². The maximum absolute atomic E-state index is 12.5. The van der Waals surface area contributed by atoms with E-state index in [1.807, 2.05) is 43.3 Å². The summed E-state index contributed by atoms with van der Waals surface area (Å²) in [5, 5.41) is 8.85. The Morgan fingerprint density at radius 1 is 1.21 bits per heavy atom. The Bertz CT molecular complexity index is 723. The Hall–Kier alpha value is -2.32. The van der Waals surface area contributed by atoms with Gasteiger partial charge in [0.2, 0.25) is 0 Å². The second-order valence-corrected chi connectivity index (χ2v) is 6.20. The fourth-order valence-corrected chi connectivity index (χ4v) is 2.66. The number of rotatable bonds is 7. The zero-order valence-corrected chi connectivity index (χ0v) is 15.1. The van der Waals surface area contributed by atoms with Crippen LogP contribution in [0.4, 0.5) is 0 Å². The first kappa shape index (κ1) is 18.0. The average Bonchev–Trinajstić information content (AvgIpc) is 2.61. The van der Waals surface area contributed by atoms with Crippen LogP contribution in [0.5, 0.6) is 5.75 Å². The summed E-state index contributed by atoms with van der Waals surface area (Å²) in [5.74, 6) is 0.595. The van der Waals surface area contributed by atoms with Crippen molar-refractivity contribution < 1.29 is 9.53 Å². The predicted octanol–water partition coefficient (Wildman–Crippen LogP) is 4.14. The second kappa shape index (κ2) is 9.09. The van der Waals surface area contributed by atoms with Crippen LogP contribution in [0.25, 0.3) is 0 Å². The first-order valence-electron chi connectivity index (χ1n) is 7.78. The molecule has 0 spiro atoms. The van der Waals surface area contributed by atoms with E-state index in [0.29, 0.717) is 24.4 Å². The molecule has 2 rings (SSSR count). The molecule has 0 heterocycles. The number of nitrogens with zero attached hydrogens (tertiary/aromatic N) is 2. The molecular weight excluding hydrogens is 368 g/mol. The number of hydrogen-bond acceptors (Lipinski definition) is 3. The molecule has 124 valence electrons. The molecule has 0 unspecified atom stereocenters. The van der Waals surface area contributed by atoms with Gasteiger partial charge in [0.05, 0.1) is 16.1 Å². The van der Waals surface area contributed by atoms with Crippen molar-refractivity contribution in [2.45, 2.75) is 19.9 Å². The summed E-state index contributed by atoms with van der Waals surface area (Å²) in [7, 11) is 0. The minimum atomic E-state index is -0.0584. The lowest BCUT2D eigenvalue weighted by Crippen LogP contribution is -2.35. The van der Waals surface area contributed by atoms with E-state index in [0.717, 1.165) is 16.5 Å². The van der Waals surface area contributed by atoms with Gasteiger partial charge in [-0.2, -0.15) is 5.26 Å². The van der Waals surface area contributed by atoms with Gasteiger partial charge in [0.15, 0.2) is 6.61 Å². The summed E-state index contributed by atoms with van der Waals surface area (Å²) >= 11 is 3.41. The van der Waals surface area contributed by atoms with Crippen molar-refractivity contribution in [3.05, 3.63) is 64.1 Å². The van der Waals surface area contributed by atoms with Crippen LogP contribution < -0.4 is 4.74 Å². The Balaban J connectivity index is 1.99. The maximum atomic E-state index is 12.5. The standard InChI is InChI=1S/C19H19BrN2O2/c1-2-11-22(13-16-9-7-15(12-21)8-10-16)19(23)14-24-18-6-4-3-5-17(18)20/h3-10H,2,11,13-14H2,1H3. The van der Waals surface area contributed by atoms with Gasteiger partial charge in [-0.1, -0.05) is 31.2 Å². The number of carbonyl (C=O) groups is 1. The highest BCUT2D eigenvalue weighted by molar-refractivity contribution is 9.10. The average molecular weight is 387 g/mol. The van der Waals surface area contributed by atoms with Gasteiger partial charge in [-0.05, 0) is 52.2 Å². The first-order chi connectivity index (χ1) is 11.6. The zero-order valence-electron chi connectivity index (χ0n) is 13.5. The van der Waals surface area contributed by atoms with Gasteiger partial charge < -0.3 is 9.64 Å². The lowest BCUT2D eigenvalue weighted by atomic mass is 10.1. The van der Waals surface area contributed by atoms with Gasteiger partial charge >= 0.3 is 0 Å². The van der Waals surface area contributed by atoms with Crippen molar-refractivity contribution in [3.63, 3.8) is 0 Å². The van der Waals surface area contributed by atoms with Crippen LogP contribution in [0.2, 0.25) is 0 Å². The van der Waals surface area contributed by atoms with E-state index >= 15 is 0 Å². The minimum absolute atomic E-state index is 0.00110. The van der Waals surface area contributed by atoms with Crippen molar-refractivity contribution >= 4 is 21.8 Å². The van der Waals surface area contributed by atoms with Gasteiger partial charge in [-0.25, -0.2) is 0 Å². The molecule has 0 radical (unpaired) electrons. The number of hydrogen-bond donors (Lipinski definition) is 0. The molecule has 0 bridgehead atoms. The third kappa shape index (κ3) is 5.10. The lowest BCUT2D eigenvalue weighted by Gasteiger charge is -2.22. The van der Waals surface area contributed by atoms with Gasteiger partial charge in [0, 0.05) is 13.1 Å². The highest BCUT2D eigenvalue weighted by Gasteiger charge is 2.14. The van der Waals surface area contributed by atoms with Gasteiger partial charge in [-0.3, -0.25) is 4.79 Å². The fourth-order valence-electron chi connectivity index (χ4n) is 2.26. The Morgan fingerprint density at radius 2 is 1.92 bits per heavy atom. The second-order valence-electron chi connectivity index (χ2n) is 5.34. The van der Waals surface area contributed by atoms with Crippen molar-refractivity contribution in [2.75, 3.05) is 13.2 Å². The van der Waals surface area contributed by atoms with E-state index in [4.69, 9.17) is 10.00 Å². The summed E-state index contributed by atoms with van der Waals surface area (Å²) in [6.45, 7) is 3.21. The largest absolute Gasteiger partial charge is 0.483 e. The van der Waals surface area contributed by atoms with Crippen molar-refractivity contribution in [1.29, 1.82) is 5.26 Å². The fraction of sp³-hybridized carbons (Fsp3) is 0.263.